The first-order valence-electron chi connectivity index (χ1n) is 21.4. The van der Waals surface area contributed by atoms with Gasteiger partial charge in [0, 0.05) is 85.5 Å². The van der Waals surface area contributed by atoms with Crippen molar-refractivity contribution in [1.82, 2.24) is 19.9 Å². The van der Waals surface area contributed by atoms with Crippen LogP contribution in [-0.4, -0.2) is 92.0 Å². The van der Waals surface area contributed by atoms with Gasteiger partial charge in [-0.2, -0.15) is 0 Å². The summed E-state index contributed by atoms with van der Waals surface area (Å²) in [6, 6.07) is 12.8. The summed E-state index contributed by atoms with van der Waals surface area (Å²) in [6.45, 7) is 6.47. The van der Waals surface area contributed by atoms with E-state index in [2.05, 4.69) is 30.1 Å². The standard InChI is InChI=1S/C44H54ClN7O6S/c1-27-21-33(10-13-38(27)47-40-24-39-36(25-46-40)44(15-16-44)43(56)52(39)31-3-2-4-32(53)22-31)59(57,58)49-29-7-5-28(6-8-29)26-50-17-19-51(20-18-50)30-9-11-34(37(45)23-30)35-12-14-41(54)48-42(35)55/h9-11,13,21,23-25,28-29,31-32,35,49,53H,2-8,12,14-20,22,26H2,1H3,(H,46,47)(H,48,54,55)/t28?,29?,31?,32-,35?/m1/s1. The molecule has 3 amide bonds. The number of nitrogens with zero attached hydrogens (tertiary/aromatic N) is 4. The zero-order valence-corrected chi connectivity index (χ0v) is 35.2. The number of anilines is 4. The van der Waals surface area contributed by atoms with Crippen LogP contribution >= 0.6 is 11.6 Å². The van der Waals surface area contributed by atoms with Crippen LogP contribution in [0.25, 0.3) is 0 Å². The number of hydrogen-bond donors (Lipinski definition) is 4. The number of halogens is 1. The van der Waals surface area contributed by atoms with Crippen LogP contribution in [0.1, 0.15) is 99.7 Å². The minimum Gasteiger partial charge on any atom is -0.393 e. The highest BCUT2D eigenvalue weighted by Crippen LogP contribution is 2.58. The first-order valence-corrected chi connectivity index (χ1v) is 23.3. The Hall–Kier alpha value is -4.08. The molecule has 2 aromatic carbocycles. The van der Waals surface area contributed by atoms with Crippen LogP contribution < -0.4 is 25.2 Å². The van der Waals surface area contributed by atoms with Crippen LogP contribution in [0, 0.1) is 12.8 Å². The predicted octanol–water partition coefficient (Wildman–Crippen LogP) is 5.65. The summed E-state index contributed by atoms with van der Waals surface area (Å²) in [6.07, 6.45) is 10.5. The maximum Gasteiger partial charge on any atom is 0.240 e. The normalized spacial score (nSPS) is 27.2. The molecule has 59 heavy (non-hydrogen) atoms. The number of aliphatic hydroxyl groups excluding tert-OH is 1. The van der Waals surface area contributed by atoms with Crippen molar-refractivity contribution in [2.24, 2.45) is 5.92 Å². The third-order valence-electron chi connectivity index (χ3n) is 13.8. The van der Waals surface area contributed by atoms with Gasteiger partial charge in [-0.25, -0.2) is 18.1 Å². The Bertz CT molecular complexity index is 2250. The quantitative estimate of drug-likeness (QED) is 0.188. The van der Waals surface area contributed by atoms with Gasteiger partial charge < -0.3 is 20.2 Å². The first-order chi connectivity index (χ1) is 28.4. The summed E-state index contributed by atoms with van der Waals surface area (Å²) in [5, 5.41) is 16.7. The average Bonchev–Trinajstić information content (AvgIpc) is 3.98. The number of piperidine rings is 1. The molecular formula is C44H54ClN7O6S. The van der Waals surface area contributed by atoms with Crippen molar-refractivity contribution in [3.8, 4) is 0 Å². The number of sulfonamides is 1. The number of carbonyl (C=O) groups is 3. The number of amides is 3. The number of hydrogen-bond acceptors (Lipinski definition) is 10. The van der Waals surface area contributed by atoms with Gasteiger partial charge in [0.05, 0.1) is 28.0 Å². The molecule has 0 radical (unpaired) electrons. The average molecular weight is 844 g/mol. The van der Waals surface area contributed by atoms with Crippen LogP contribution in [0.2, 0.25) is 5.02 Å². The molecule has 5 fully saturated rings. The lowest BCUT2D eigenvalue weighted by atomic mass is 9.86. The number of fused-ring (bicyclic) bond motifs is 2. The Morgan fingerprint density at radius 1 is 0.949 bits per heavy atom. The molecule has 9 rings (SSSR count). The number of imide groups is 1. The van der Waals surface area contributed by atoms with Crippen LogP contribution in [0.5, 0.6) is 0 Å². The number of aryl methyl sites for hydroxylation is 1. The minimum atomic E-state index is -3.73. The highest BCUT2D eigenvalue weighted by atomic mass is 35.5. The van der Waals surface area contributed by atoms with Crippen LogP contribution in [-0.2, 0) is 29.8 Å². The van der Waals surface area contributed by atoms with Gasteiger partial charge >= 0.3 is 0 Å². The smallest absolute Gasteiger partial charge is 0.240 e. The highest BCUT2D eigenvalue weighted by Gasteiger charge is 2.60. The van der Waals surface area contributed by atoms with Crippen molar-refractivity contribution >= 4 is 62.2 Å². The van der Waals surface area contributed by atoms with Gasteiger partial charge in [-0.1, -0.05) is 17.7 Å². The highest BCUT2D eigenvalue weighted by molar-refractivity contribution is 7.89. The lowest BCUT2D eigenvalue weighted by Crippen LogP contribution is -2.48. The summed E-state index contributed by atoms with van der Waals surface area (Å²) >= 11 is 6.66. The Morgan fingerprint density at radius 2 is 1.73 bits per heavy atom. The van der Waals surface area contributed by atoms with E-state index in [0.29, 0.717) is 36.0 Å². The molecule has 4 heterocycles. The third kappa shape index (κ3) is 8.10. The molecule has 6 aliphatic rings. The van der Waals surface area contributed by atoms with Gasteiger partial charge in [-0.05, 0) is 125 Å². The molecule has 2 saturated heterocycles. The van der Waals surface area contributed by atoms with Crippen molar-refractivity contribution in [1.29, 1.82) is 0 Å². The van der Waals surface area contributed by atoms with Gasteiger partial charge in [0.15, 0.2) is 0 Å². The molecule has 1 spiro atoms. The van der Waals surface area contributed by atoms with Gasteiger partial charge in [-0.15, -0.1) is 0 Å². The lowest BCUT2D eigenvalue weighted by molar-refractivity contribution is -0.134. The van der Waals surface area contributed by atoms with Gasteiger partial charge in [0.25, 0.3) is 0 Å². The number of aromatic nitrogens is 1. The van der Waals surface area contributed by atoms with E-state index in [9.17, 15) is 27.9 Å². The second-order valence-electron chi connectivity index (χ2n) is 17.8. The minimum absolute atomic E-state index is 0.0240. The van der Waals surface area contributed by atoms with E-state index in [0.717, 1.165) is 124 Å². The molecular weight excluding hydrogens is 790 g/mol. The van der Waals surface area contributed by atoms with Gasteiger partial charge in [0.1, 0.15) is 5.82 Å². The molecule has 3 aliphatic carbocycles. The van der Waals surface area contributed by atoms with E-state index in [1.807, 2.05) is 42.3 Å². The summed E-state index contributed by atoms with van der Waals surface area (Å²) in [5.41, 5.74) is 4.70. The molecule has 3 saturated carbocycles. The molecule has 3 atom stereocenters. The van der Waals surface area contributed by atoms with E-state index >= 15 is 0 Å². The van der Waals surface area contributed by atoms with Crippen LogP contribution in [0.15, 0.2) is 53.6 Å². The van der Waals surface area contributed by atoms with Gasteiger partial charge in [-0.3, -0.25) is 24.6 Å². The van der Waals surface area contributed by atoms with E-state index < -0.39 is 27.5 Å². The maximum absolute atomic E-state index is 13.7. The lowest BCUT2D eigenvalue weighted by Gasteiger charge is -2.39. The topological polar surface area (TPSA) is 164 Å². The van der Waals surface area contributed by atoms with E-state index in [4.69, 9.17) is 11.6 Å². The fraction of sp³-hybridized carbons (Fsp3) is 0.545. The molecule has 3 aliphatic heterocycles. The van der Waals surface area contributed by atoms with E-state index in [-0.39, 0.29) is 34.7 Å². The Labute approximate surface area is 351 Å². The number of carbonyl (C=O) groups excluding carboxylic acids is 3. The number of pyridine rings is 1. The second kappa shape index (κ2) is 16.1. The molecule has 3 aromatic rings. The summed E-state index contributed by atoms with van der Waals surface area (Å²) in [5.74, 6) is 0.310. The first kappa shape index (κ1) is 40.3. The van der Waals surface area contributed by atoms with Gasteiger partial charge in [0.2, 0.25) is 27.7 Å². The number of aliphatic hydroxyl groups is 1. The second-order valence-corrected chi connectivity index (χ2v) is 19.9. The van der Waals surface area contributed by atoms with E-state index in [1.165, 1.54) is 0 Å². The van der Waals surface area contributed by atoms with Crippen molar-refractivity contribution < 1.29 is 27.9 Å². The van der Waals surface area contributed by atoms with Crippen molar-refractivity contribution in [3.05, 3.63) is 70.4 Å². The number of nitrogens with one attached hydrogen (secondary N) is 3. The summed E-state index contributed by atoms with van der Waals surface area (Å²) < 4.78 is 30.2. The van der Waals surface area contributed by atoms with Crippen LogP contribution in [0.4, 0.5) is 22.9 Å². The Kier molecular flexibility index (Phi) is 11.0. The molecule has 1 aromatic heterocycles. The zero-order chi connectivity index (χ0) is 41.1. The van der Waals surface area contributed by atoms with Crippen molar-refractivity contribution in [2.45, 2.75) is 118 Å². The largest absolute Gasteiger partial charge is 0.393 e. The monoisotopic (exact) mass is 843 g/mol. The summed E-state index contributed by atoms with van der Waals surface area (Å²) in [7, 11) is -3.73. The number of piperazine rings is 1. The fourth-order valence-electron chi connectivity index (χ4n) is 10.3. The Morgan fingerprint density at radius 3 is 2.42 bits per heavy atom. The maximum atomic E-state index is 13.7. The van der Waals surface area contributed by atoms with Crippen molar-refractivity contribution in [3.63, 3.8) is 0 Å². The molecule has 4 N–H and O–H groups in total. The molecule has 13 nitrogen and oxygen atoms in total. The molecule has 2 unspecified atom stereocenters. The fourth-order valence-corrected chi connectivity index (χ4v) is 11.9. The van der Waals surface area contributed by atoms with Crippen LogP contribution in [0.3, 0.4) is 0 Å². The predicted molar refractivity (Wildman–Crippen MR) is 227 cm³/mol. The third-order valence-corrected chi connectivity index (χ3v) is 15.7. The number of rotatable bonds is 10. The molecule has 314 valence electrons. The summed E-state index contributed by atoms with van der Waals surface area (Å²) in [4.78, 5) is 49.3. The molecule has 15 heteroatoms. The van der Waals surface area contributed by atoms with Crippen molar-refractivity contribution in [2.75, 3.05) is 47.8 Å². The van der Waals surface area contributed by atoms with E-state index in [1.54, 1.807) is 18.2 Å². The Balaban J connectivity index is 0.756. The molecule has 0 bridgehead atoms. The zero-order valence-electron chi connectivity index (χ0n) is 33.6. The number of benzene rings is 2. The SMILES string of the molecule is Cc1cc(S(=O)(=O)NC2CCC(CN3CCN(c4ccc(C5CCC(=O)NC5=O)c(Cl)c4)CC3)CC2)ccc1Nc1cc2c(cn1)C1(CC1)C(=O)N2C1CCC[C@@H](O)C1.